The number of ether oxygens (including phenoxy) is 1. The standard InChI is InChI=1S/C14H20N2O2/c1-10(17)13-7-12(4-5-14(13)15)16-8-11-3-2-6-18-9-11/h4-5,7,11,16H,2-3,6,8-9,15H2,1H3. The lowest BCUT2D eigenvalue weighted by Gasteiger charge is -2.22. The number of hydrogen-bond donors (Lipinski definition) is 2. The maximum absolute atomic E-state index is 11.4. The Hall–Kier alpha value is -1.55. The van der Waals surface area contributed by atoms with Crippen molar-refractivity contribution in [2.45, 2.75) is 19.8 Å². The van der Waals surface area contributed by atoms with Crippen LogP contribution < -0.4 is 11.1 Å². The van der Waals surface area contributed by atoms with E-state index in [1.807, 2.05) is 12.1 Å². The summed E-state index contributed by atoms with van der Waals surface area (Å²) in [6, 6.07) is 5.50. The van der Waals surface area contributed by atoms with Crippen LogP contribution in [0.1, 0.15) is 30.1 Å². The molecule has 0 saturated carbocycles. The quantitative estimate of drug-likeness (QED) is 0.634. The van der Waals surface area contributed by atoms with E-state index in [-0.39, 0.29) is 5.78 Å². The Labute approximate surface area is 108 Å². The molecule has 1 saturated heterocycles. The zero-order chi connectivity index (χ0) is 13.0. The summed E-state index contributed by atoms with van der Waals surface area (Å²) in [4.78, 5) is 11.4. The monoisotopic (exact) mass is 248 g/mol. The number of Topliss-reactive ketones (excluding diaryl/α,β-unsaturated/α-hetero) is 1. The summed E-state index contributed by atoms with van der Waals surface area (Å²) >= 11 is 0. The van der Waals surface area contributed by atoms with Crippen molar-refractivity contribution in [3.8, 4) is 0 Å². The van der Waals surface area contributed by atoms with Gasteiger partial charge in [0.15, 0.2) is 5.78 Å². The molecule has 2 rings (SSSR count). The highest BCUT2D eigenvalue weighted by Gasteiger charge is 2.13. The van der Waals surface area contributed by atoms with E-state index >= 15 is 0 Å². The molecule has 0 aliphatic carbocycles. The van der Waals surface area contributed by atoms with Crippen LogP contribution in [0.5, 0.6) is 0 Å². The molecule has 98 valence electrons. The molecule has 1 fully saturated rings. The van der Waals surface area contributed by atoms with Crippen LogP contribution in [0.3, 0.4) is 0 Å². The first kappa shape index (κ1) is 12.9. The first-order valence-electron chi connectivity index (χ1n) is 6.39. The Bertz CT molecular complexity index is 426. The van der Waals surface area contributed by atoms with Gasteiger partial charge in [-0.25, -0.2) is 0 Å². The summed E-state index contributed by atoms with van der Waals surface area (Å²) in [5.41, 5.74) is 7.82. The molecular weight excluding hydrogens is 228 g/mol. The lowest BCUT2D eigenvalue weighted by Crippen LogP contribution is -2.24. The van der Waals surface area contributed by atoms with Gasteiger partial charge in [0.25, 0.3) is 0 Å². The van der Waals surface area contributed by atoms with Crippen LogP contribution >= 0.6 is 0 Å². The van der Waals surface area contributed by atoms with Crippen LogP contribution in [0, 0.1) is 5.92 Å². The fourth-order valence-corrected chi connectivity index (χ4v) is 2.20. The summed E-state index contributed by atoms with van der Waals surface area (Å²) in [5.74, 6) is 0.550. The zero-order valence-electron chi connectivity index (χ0n) is 10.7. The average Bonchev–Trinajstić information content (AvgIpc) is 2.38. The topological polar surface area (TPSA) is 64.3 Å². The maximum Gasteiger partial charge on any atom is 0.161 e. The van der Waals surface area contributed by atoms with E-state index in [0.717, 1.165) is 31.9 Å². The number of carbonyl (C=O) groups excluding carboxylic acids is 1. The van der Waals surface area contributed by atoms with E-state index in [2.05, 4.69) is 5.32 Å². The molecule has 1 unspecified atom stereocenters. The van der Waals surface area contributed by atoms with Gasteiger partial charge in [-0.15, -0.1) is 0 Å². The van der Waals surface area contributed by atoms with Gasteiger partial charge in [0, 0.05) is 30.1 Å². The van der Waals surface area contributed by atoms with Crippen molar-refractivity contribution >= 4 is 17.2 Å². The van der Waals surface area contributed by atoms with Crippen LogP contribution in [-0.4, -0.2) is 25.5 Å². The van der Waals surface area contributed by atoms with Crippen LogP contribution in [0.4, 0.5) is 11.4 Å². The Morgan fingerprint density at radius 1 is 1.56 bits per heavy atom. The molecule has 3 N–H and O–H groups in total. The number of ketones is 1. The Balaban J connectivity index is 1.96. The van der Waals surface area contributed by atoms with Crippen LogP contribution in [0.2, 0.25) is 0 Å². The second-order valence-electron chi connectivity index (χ2n) is 4.82. The van der Waals surface area contributed by atoms with Crippen LogP contribution in [0.15, 0.2) is 18.2 Å². The summed E-state index contributed by atoms with van der Waals surface area (Å²) in [7, 11) is 0. The molecule has 0 radical (unpaired) electrons. The van der Waals surface area contributed by atoms with Gasteiger partial charge < -0.3 is 15.8 Å². The van der Waals surface area contributed by atoms with Gasteiger partial charge >= 0.3 is 0 Å². The number of anilines is 2. The zero-order valence-corrected chi connectivity index (χ0v) is 10.7. The van der Waals surface area contributed by atoms with Gasteiger partial charge in [0.2, 0.25) is 0 Å². The van der Waals surface area contributed by atoms with Crippen molar-refractivity contribution in [3.05, 3.63) is 23.8 Å². The van der Waals surface area contributed by atoms with E-state index in [9.17, 15) is 4.79 Å². The second-order valence-corrected chi connectivity index (χ2v) is 4.82. The molecule has 0 amide bonds. The number of nitrogen functional groups attached to an aromatic ring is 1. The average molecular weight is 248 g/mol. The minimum Gasteiger partial charge on any atom is -0.398 e. The highest BCUT2D eigenvalue weighted by atomic mass is 16.5. The third-order valence-corrected chi connectivity index (χ3v) is 3.28. The van der Waals surface area contributed by atoms with E-state index < -0.39 is 0 Å². The summed E-state index contributed by atoms with van der Waals surface area (Å²) in [6.45, 7) is 4.11. The molecule has 1 atom stereocenters. The van der Waals surface area contributed by atoms with E-state index in [1.54, 1.807) is 6.07 Å². The lowest BCUT2D eigenvalue weighted by molar-refractivity contribution is 0.0595. The maximum atomic E-state index is 11.4. The van der Waals surface area contributed by atoms with Crippen LogP contribution in [-0.2, 0) is 4.74 Å². The van der Waals surface area contributed by atoms with Gasteiger partial charge in [0.1, 0.15) is 0 Å². The van der Waals surface area contributed by atoms with Gasteiger partial charge in [-0.05, 0) is 43.9 Å². The lowest BCUT2D eigenvalue weighted by atomic mass is 10.0. The predicted molar refractivity (Wildman–Crippen MR) is 72.9 cm³/mol. The van der Waals surface area contributed by atoms with Crippen molar-refractivity contribution < 1.29 is 9.53 Å². The highest BCUT2D eigenvalue weighted by molar-refractivity contribution is 5.99. The number of hydrogen-bond acceptors (Lipinski definition) is 4. The molecule has 1 heterocycles. The van der Waals surface area contributed by atoms with Gasteiger partial charge in [-0.2, -0.15) is 0 Å². The number of benzene rings is 1. The minimum absolute atomic E-state index is 0.00264. The molecule has 0 bridgehead atoms. The van der Waals surface area contributed by atoms with Crippen molar-refractivity contribution in [1.82, 2.24) is 0 Å². The second kappa shape index (κ2) is 5.87. The summed E-state index contributed by atoms with van der Waals surface area (Å²) in [5, 5.41) is 3.35. The van der Waals surface area contributed by atoms with Crippen molar-refractivity contribution in [1.29, 1.82) is 0 Å². The third-order valence-electron chi connectivity index (χ3n) is 3.28. The predicted octanol–water partition coefficient (Wildman–Crippen LogP) is 2.31. The summed E-state index contributed by atoms with van der Waals surface area (Å²) < 4.78 is 5.44. The van der Waals surface area contributed by atoms with Gasteiger partial charge in [0.05, 0.1) is 6.61 Å². The molecule has 1 aromatic rings. The van der Waals surface area contributed by atoms with Crippen molar-refractivity contribution in [2.75, 3.05) is 30.8 Å². The largest absolute Gasteiger partial charge is 0.398 e. The molecule has 0 aromatic heterocycles. The summed E-state index contributed by atoms with van der Waals surface area (Å²) in [6.07, 6.45) is 2.33. The molecule has 4 heteroatoms. The van der Waals surface area contributed by atoms with E-state index in [0.29, 0.717) is 17.2 Å². The van der Waals surface area contributed by atoms with Crippen molar-refractivity contribution in [2.24, 2.45) is 5.92 Å². The Kier molecular flexibility index (Phi) is 4.20. The fourth-order valence-electron chi connectivity index (χ4n) is 2.20. The molecule has 1 aliphatic rings. The fraction of sp³-hybridized carbons (Fsp3) is 0.500. The first-order chi connectivity index (χ1) is 8.66. The first-order valence-corrected chi connectivity index (χ1v) is 6.39. The number of rotatable bonds is 4. The SMILES string of the molecule is CC(=O)c1cc(NCC2CCCOC2)ccc1N. The number of carbonyl (C=O) groups is 1. The van der Waals surface area contributed by atoms with Crippen LogP contribution in [0.25, 0.3) is 0 Å². The Morgan fingerprint density at radius 2 is 2.39 bits per heavy atom. The highest BCUT2D eigenvalue weighted by Crippen LogP contribution is 2.20. The molecule has 4 nitrogen and oxygen atoms in total. The number of nitrogens with two attached hydrogens (primary N) is 1. The van der Waals surface area contributed by atoms with E-state index in [1.165, 1.54) is 13.3 Å². The van der Waals surface area contributed by atoms with E-state index in [4.69, 9.17) is 10.5 Å². The number of nitrogens with one attached hydrogen (secondary N) is 1. The minimum atomic E-state index is -0.00264. The molecule has 0 spiro atoms. The Morgan fingerprint density at radius 3 is 3.06 bits per heavy atom. The van der Waals surface area contributed by atoms with Crippen molar-refractivity contribution in [3.63, 3.8) is 0 Å². The molecule has 18 heavy (non-hydrogen) atoms. The smallest absolute Gasteiger partial charge is 0.161 e. The normalized spacial score (nSPS) is 19.5. The molecular formula is C14H20N2O2. The van der Waals surface area contributed by atoms with Gasteiger partial charge in [-0.1, -0.05) is 0 Å². The molecule has 1 aliphatic heterocycles. The third kappa shape index (κ3) is 3.23. The van der Waals surface area contributed by atoms with Gasteiger partial charge in [-0.3, -0.25) is 4.79 Å². The molecule has 1 aromatic carbocycles.